The number of nitrogens with zero attached hydrogens (tertiary/aromatic N) is 3. The van der Waals surface area contributed by atoms with Gasteiger partial charge in [-0.1, -0.05) is 41.2 Å². The van der Waals surface area contributed by atoms with Crippen molar-refractivity contribution in [1.82, 2.24) is 9.97 Å². The van der Waals surface area contributed by atoms with Crippen molar-refractivity contribution in [1.29, 1.82) is 0 Å². The second kappa shape index (κ2) is 8.36. The molecule has 0 spiro atoms. The molecule has 0 atom stereocenters. The van der Waals surface area contributed by atoms with Crippen LogP contribution in [0.15, 0.2) is 54.9 Å². The smallest absolute Gasteiger partial charge is 0.233 e. The summed E-state index contributed by atoms with van der Waals surface area (Å²) in [7, 11) is 0. The Balaban J connectivity index is 1.72. The first kappa shape index (κ1) is 20.2. The van der Waals surface area contributed by atoms with E-state index in [0.29, 0.717) is 13.0 Å². The van der Waals surface area contributed by atoms with Crippen LogP contribution in [0.4, 0.5) is 5.13 Å². The van der Waals surface area contributed by atoms with Gasteiger partial charge in [-0.3, -0.25) is 14.7 Å². The molecule has 152 valence electrons. The highest BCUT2D eigenvalue weighted by Crippen LogP contribution is 2.33. The van der Waals surface area contributed by atoms with Gasteiger partial charge in [0.25, 0.3) is 0 Å². The fraction of sp³-hybridized carbons (Fsp3) is 0.240. The van der Waals surface area contributed by atoms with E-state index in [-0.39, 0.29) is 5.91 Å². The first-order chi connectivity index (χ1) is 14.4. The van der Waals surface area contributed by atoms with Gasteiger partial charge in [-0.05, 0) is 73.7 Å². The minimum Gasteiger partial charge on any atom is -0.283 e. The van der Waals surface area contributed by atoms with Gasteiger partial charge < -0.3 is 0 Å². The minimum absolute atomic E-state index is 0.0483. The number of carbonyl (C=O) groups is 1. The number of thiazole rings is 1. The van der Waals surface area contributed by atoms with Crippen LogP contribution in [0.25, 0.3) is 10.2 Å². The van der Waals surface area contributed by atoms with Gasteiger partial charge in [0, 0.05) is 12.4 Å². The lowest BCUT2D eigenvalue weighted by molar-refractivity contribution is -0.118. The van der Waals surface area contributed by atoms with E-state index in [9.17, 15) is 4.79 Å². The standard InChI is InChI=1S/C25H25N3OS/c1-16-5-6-21(18(3)11-16)14-23(29)28(15-20-7-9-26-10-8-20)25-27-22-13-17(2)12-19(4)24(22)30-25/h5-13H,14-15H2,1-4H3. The molecule has 0 saturated carbocycles. The molecular weight excluding hydrogens is 390 g/mol. The monoisotopic (exact) mass is 415 g/mol. The number of carbonyl (C=O) groups excluding carboxylic acids is 1. The summed E-state index contributed by atoms with van der Waals surface area (Å²) in [6, 6.07) is 14.4. The molecule has 0 N–H and O–H groups in total. The molecule has 2 heterocycles. The van der Waals surface area contributed by atoms with Crippen molar-refractivity contribution in [2.75, 3.05) is 4.90 Å². The lowest BCUT2D eigenvalue weighted by atomic mass is 10.0. The second-order valence-corrected chi connectivity index (χ2v) is 8.85. The Labute approximate surface area is 181 Å². The van der Waals surface area contributed by atoms with Crippen LogP contribution in [0.5, 0.6) is 0 Å². The molecule has 1 amide bonds. The Morgan fingerprint density at radius 2 is 1.67 bits per heavy atom. The SMILES string of the molecule is Cc1ccc(CC(=O)N(Cc2ccncc2)c2nc3cc(C)cc(C)c3s2)c(C)c1. The van der Waals surface area contributed by atoms with Crippen LogP contribution in [-0.2, 0) is 17.8 Å². The third kappa shape index (κ3) is 4.26. The van der Waals surface area contributed by atoms with E-state index < -0.39 is 0 Å². The number of hydrogen-bond donors (Lipinski definition) is 0. The number of rotatable bonds is 5. The zero-order chi connectivity index (χ0) is 21.3. The predicted molar refractivity (Wildman–Crippen MR) is 124 cm³/mol. The molecule has 5 heteroatoms. The maximum atomic E-state index is 13.5. The Bertz CT molecular complexity index is 1210. The van der Waals surface area contributed by atoms with E-state index >= 15 is 0 Å². The van der Waals surface area contributed by atoms with Gasteiger partial charge in [0.15, 0.2) is 5.13 Å². The summed E-state index contributed by atoms with van der Waals surface area (Å²) in [5, 5.41) is 0.741. The number of anilines is 1. The summed E-state index contributed by atoms with van der Waals surface area (Å²) in [5.41, 5.74) is 7.76. The molecular formula is C25H25N3OS. The van der Waals surface area contributed by atoms with Gasteiger partial charge in [0.1, 0.15) is 0 Å². The molecule has 30 heavy (non-hydrogen) atoms. The zero-order valence-corrected chi connectivity index (χ0v) is 18.6. The zero-order valence-electron chi connectivity index (χ0n) is 17.8. The Morgan fingerprint density at radius 3 is 2.40 bits per heavy atom. The molecule has 0 fully saturated rings. The molecule has 4 nitrogen and oxygen atoms in total. The number of pyridine rings is 1. The summed E-state index contributed by atoms with van der Waals surface area (Å²) >= 11 is 1.58. The normalized spacial score (nSPS) is 11.1. The number of fused-ring (bicyclic) bond motifs is 1. The van der Waals surface area contributed by atoms with Gasteiger partial charge >= 0.3 is 0 Å². The molecule has 0 radical (unpaired) electrons. The summed E-state index contributed by atoms with van der Waals surface area (Å²) < 4.78 is 1.13. The maximum absolute atomic E-state index is 13.5. The average molecular weight is 416 g/mol. The van der Waals surface area contributed by atoms with E-state index in [2.05, 4.69) is 63.0 Å². The molecule has 0 unspecified atom stereocenters. The summed E-state index contributed by atoms with van der Waals surface area (Å²) in [6.07, 6.45) is 3.87. The Kier molecular flexibility index (Phi) is 5.64. The average Bonchev–Trinajstić information content (AvgIpc) is 3.13. The summed E-state index contributed by atoms with van der Waals surface area (Å²) in [4.78, 5) is 24.2. The van der Waals surface area contributed by atoms with Gasteiger partial charge in [-0.25, -0.2) is 4.98 Å². The van der Waals surface area contributed by atoms with Crippen LogP contribution in [0.2, 0.25) is 0 Å². The lowest BCUT2D eigenvalue weighted by Gasteiger charge is -2.20. The van der Waals surface area contributed by atoms with Gasteiger partial charge in [0.2, 0.25) is 5.91 Å². The molecule has 0 aliphatic carbocycles. The largest absolute Gasteiger partial charge is 0.283 e. The summed E-state index contributed by atoms with van der Waals surface area (Å²) in [5.74, 6) is 0.0483. The second-order valence-electron chi connectivity index (χ2n) is 7.87. The minimum atomic E-state index is 0.0483. The number of benzene rings is 2. The van der Waals surface area contributed by atoms with E-state index in [1.165, 1.54) is 16.7 Å². The van der Waals surface area contributed by atoms with Crippen LogP contribution in [0.3, 0.4) is 0 Å². The first-order valence-electron chi connectivity index (χ1n) is 10.0. The molecule has 2 aromatic heterocycles. The fourth-order valence-corrected chi connectivity index (χ4v) is 4.75. The molecule has 4 aromatic rings. The van der Waals surface area contributed by atoms with E-state index in [1.54, 1.807) is 23.7 Å². The quantitative estimate of drug-likeness (QED) is 0.420. The van der Waals surface area contributed by atoms with Crippen molar-refractivity contribution in [3.05, 3.63) is 88.2 Å². The molecule has 4 rings (SSSR count). The van der Waals surface area contributed by atoms with Crippen molar-refractivity contribution in [3.63, 3.8) is 0 Å². The number of hydrogen-bond acceptors (Lipinski definition) is 4. The highest BCUT2D eigenvalue weighted by Gasteiger charge is 2.22. The lowest BCUT2D eigenvalue weighted by Crippen LogP contribution is -2.31. The molecule has 0 aliphatic rings. The highest BCUT2D eigenvalue weighted by atomic mass is 32.1. The van der Waals surface area contributed by atoms with Gasteiger partial charge in [-0.2, -0.15) is 0 Å². The topological polar surface area (TPSA) is 46.1 Å². The van der Waals surface area contributed by atoms with Crippen molar-refractivity contribution >= 4 is 32.6 Å². The van der Waals surface area contributed by atoms with Crippen molar-refractivity contribution in [2.24, 2.45) is 0 Å². The number of aryl methyl sites for hydroxylation is 4. The molecule has 0 aliphatic heterocycles. The van der Waals surface area contributed by atoms with Gasteiger partial charge in [-0.15, -0.1) is 0 Å². The van der Waals surface area contributed by atoms with Crippen molar-refractivity contribution in [2.45, 2.75) is 40.7 Å². The molecule has 2 aromatic carbocycles. The van der Waals surface area contributed by atoms with Crippen molar-refractivity contribution in [3.8, 4) is 0 Å². The summed E-state index contributed by atoms with van der Waals surface area (Å²) in [6.45, 7) is 8.78. The van der Waals surface area contributed by atoms with Crippen LogP contribution in [0.1, 0.15) is 33.4 Å². The number of aromatic nitrogens is 2. The molecule has 0 bridgehead atoms. The van der Waals surface area contributed by atoms with E-state index in [4.69, 9.17) is 4.98 Å². The van der Waals surface area contributed by atoms with Crippen LogP contribution in [0, 0.1) is 27.7 Å². The van der Waals surface area contributed by atoms with E-state index in [0.717, 1.165) is 32.0 Å². The van der Waals surface area contributed by atoms with Crippen LogP contribution in [-0.4, -0.2) is 15.9 Å². The van der Waals surface area contributed by atoms with Crippen molar-refractivity contribution < 1.29 is 4.79 Å². The van der Waals surface area contributed by atoms with Gasteiger partial charge in [0.05, 0.1) is 23.2 Å². The third-order valence-corrected chi connectivity index (χ3v) is 6.50. The van der Waals surface area contributed by atoms with E-state index in [1.807, 2.05) is 17.0 Å². The highest BCUT2D eigenvalue weighted by molar-refractivity contribution is 7.22. The fourth-order valence-electron chi connectivity index (χ4n) is 3.72. The third-order valence-electron chi connectivity index (χ3n) is 5.27. The van der Waals surface area contributed by atoms with Crippen LogP contribution < -0.4 is 4.90 Å². The Hall–Kier alpha value is -3.05. The predicted octanol–water partition coefficient (Wildman–Crippen LogP) is 5.70. The maximum Gasteiger partial charge on any atom is 0.233 e. The Morgan fingerprint density at radius 1 is 0.933 bits per heavy atom. The number of amides is 1. The first-order valence-corrected chi connectivity index (χ1v) is 10.9. The van der Waals surface area contributed by atoms with Crippen LogP contribution >= 0.6 is 11.3 Å². The molecule has 0 saturated heterocycles.